The molecular formula is C26H29N3O4. The Morgan fingerprint density at radius 2 is 1.82 bits per heavy atom. The molecule has 2 aromatic rings. The van der Waals surface area contributed by atoms with E-state index in [1.165, 1.54) is 11.1 Å². The summed E-state index contributed by atoms with van der Waals surface area (Å²) in [6.45, 7) is 3.48. The van der Waals surface area contributed by atoms with Gasteiger partial charge in [-0.15, -0.1) is 0 Å². The second kappa shape index (κ2) is 8.37. The van der Waals surface area contributed by atoms with E-state index in [1.807, 2.05) is 12.1 Å². The van der Waals surface area contributed by atoms with Crippen LogP contribution in [0.3, 0.4) is 0 Å². The molecular weight excluding hydrogens is 418 g/mol. The average molecular weight is 448 g/mol. The van der Waals surface area contributed by atoms with Gasteiger partial charge in [0.25, 0.3) is 0 Å². The number of rotatable bonds is 4. The van der Waals surface area contributed by atoms with E-state index in [2.05, 4.69) is 33.7 Å². The lowest BCUT2D eigenvalue weighted by Gasteiger charge is -2.36. The number of ether oxygens (including phenoxy) is 2. The lowest BCUT2D eigenvalue weighted by molar-refractivity contribution is -0.116. The van der Waals surface area contributed by atoms with E-state index in [9.17, 15) is 9.59 Å². The van der Waals surface area contributed by atoms with Crippen molar-refractivity contribution in [1.82, 2.24) is 4.90 Å². The molecule has 2 amide bonds. The number of nitrogens with zero attached hydrogens (tertiary/aromatic N) is 1. The van der Waals surface area contributed by atoms with Crippen LogP contribution < -0.4 is 20.1 Å². The van der Waals surface area contributed by atoms with E-state index in [-0.39, 0.29) is 17.9 Å². The molecule has 7 nitrogen and oxygen atoms in total. The first-order valence-corrected chi connectivity index (χ1v) is 12.0. The van der Waals surface area contributed by atoms with Crippen molar-refractivity contribution in [2.45, 2.75) is 44.6 Å². The van der Waals surface area contributed by atoms with E-state index in [1.54, 1.807) is 0 Å². The van der Waals surface area contributed by atoms with Gasteiger partial charge in [0.05, 0.1) is 6.42 Å². The lowest BCUT2D eigenvalue weighted by Crippen LogP contribution is -2.44. The quantitative estimate of drug-likeness (QED) is 0.753. The molecule has 4 aliphatic heterocycles. The van der Waals surface area contributed by atoms with Gasteiger partial charge in [-0.2, -0.15) is 0 Å². The number of piperidine rings is 1. The molecule has 33 heavy (non-hydrogen) atoms. The highest BCUT2D eigenvalue weighted by atomic mass is 16.6. The Hall–Kier alpha value is -3.06. The topological polar surface area (TPSA) is 79.9 Å². The standard InChI is InChI=1S/C26H29N3O4/c30-24-6-3-18-2-1-17(12-22(18)28-24)11-16-7-9-29(10-8-16)14-19-15-32-26-20-13-25(31)27-21(20)4-5-23(26)33-19/h1-2,4-5,12,16,19H,3,6-11,13-15H2,(H,27,31)(H,28,30). The highest BCUT2D eigenvalue weighted by molar-refractivity contribution is 6.00. The Balaban J connectivity index is 1.02. The summed E-state index contributed by atoms with van der Waals surface area (Å²) in [6.07, 6.45) is 5.17. The monoisotopic (exact) mass is 447 g/mol. The van der Waals surface area contributed by atoms with Crippen LogP contribution >= 0.6 is 0 Å². The van der Waals surface area contributed by atoms with E-state index >= 15 is 0 Å². The number of hydrogen-bond donors (Lipinski definition) is 2. The van der Waals surface area contributed by atoms with Crippen LogP contribution in [-0.2, 0) is 28.9 Å². The van der Waals surface area contributed by atoms with Gasteiger partial charge in [0.15, 0.2) is 11.5 Å². The van der Waals surface area contributed by atoms with Gasteiger partial charge in [0.1, 0.15) is 12.7 Å². The third kappa shape index (κ3) is 4.17. The second-order valence-corrected chi connectivity index (χ2v) is 9.68. The highest BCUT2D eigenvalue weighted by Crippen LogP contribution is 2.42. The minimum Gasteiger partial charge on any atom is -0.485 e. The molecule has 1 saturated heterocycles. The summed E-state index contributed by atoms with van der Waals surface area (Å²) in [4.78, 5) is 25.9. The van der Waals surface area contributed by atoms with Crippen molar-refractivity contribution >= 4 is 23.2 Å². The fraction of sp³-hybridized carbons (Fsp3) is 0.462. The number of amides is 2. The summed E-state index contributed by atoms with van der Waals surface area (Å²) in [5.74, 6) is 2.26. The van der Waals surface area contributed by atoms with Crippen LogP contribution in [0.2, 0.25) is 0 Å². The third-order valence-corrected chi connectivity index (χ3v) is 7.31. The highest BCUT2D eigenvalue weighted by Gasteiger charge is 2.31. The first-order chi connectivity index (χ1) is 16.1. The molecule has 0 radical (unpaired) electrons. The summed E-state index contributed by atoms with van der Waals surface area (Å²) in [5, 5.41) is 5.88. The van der Waals surface area contributed by atoms with Crippen molar-refractivity contribution in [3.05, 3.63) is 47.0 Å². The van der Waals surface area contributed by atoms with Crippen molar-refractivity contribution in [3.8, 4) is 11.5 Å². The molecule has 172 valence electrons. The largest absolute Gasteiger partial charge is 0.485 e. The minimum absolute atomic E-state index is 0.00132. The molecule has 0 aliphatic carbocycles. The van der Waals surface area contributed by atoms with Crippen LogP contribution in [0, 0.1) is 5.92 Å². The maximum atomic E-state index is 11.7. The molecule has 4 heterocycles. The van der Waals surface area contributed by atoms with Crippen LogP contribution in [0.15, 0.2) is 30.3 Å². The maximum absolute atomic E-state index is 11.7. The predicted molar refractivity (Wildman–Crippen MR) is 125 cm³/mol. The van der Waals surface area contributed by atoms with Gasteiger partial charge >= 0.3 is 0 Å². The van der Waals surface area contributed by atoms with E-state index < -0.39 is 0 Å². The Bertz CT molecular complexity index is 1110. The zero-order valence-electron chi connectivity index (χ0n) is 18.7. The van der Waals surface area contributed by atoms with Crippen LogP contribution in [0.1, 0.15) is 36.0 Å². The molecule has 6 rings (SSSR count). The maximum Gasteiger partial charge on any atom is 0.229 e. The molecule has 1 unspecified atom stereocenters. The van der Waals surface area contributed by atoms with E-state index in [0.29, 0.717) is 25.4 Å². The number of aryl methyl sites for hydroxylation is 1. The summed E-state index contributed by atoms with van der Waals surface area (Å²) in [5.41, 5.74) is 5.32. The number of hydrogen-bond acceptors (Lipinski definition) is 5. The van der Waals surface area contributed by atoms with Gasteiger partial charge in [-0.1, -0.05) is 12.1 Å². The Morgan fingerprint density at radius 1 is 0.970 bits per heavy atom. The van der Waals surface area contributed by atoms with Gasteiger partial charge in [0, 0.05) is 29.9 Å². The van der Waals surface area contributed by atoms with Crippen molar-refractivity contribution in [2.24, 2.45) is 5.92 Å². The van der Waals surface area contributed by atoms with Crippen molar-refractivity contribution in [2.75, 3.05) is 36.9 Å². The first kappa shape index (κ1) is 20.5. The smallest absolute Gasteiger partial charge is 0.229 e. The van der Waals surface area contributed by atoms with Crippen molar-refractivity contribution < 1.29 is 19.1 Å². The van der Waals surface area contributed by atoms with Crippen LogP contribution in [0.4, 0.5) is 11.4 Å². The summed E-state index contributed by atoms with van der Waals surface area (Å²) in [6, 6.07) is 10.4. The molecule has 0 aromatic heterocycles. The van der Waals surface area contributed by atoms with E-state index in [0.717, 1.165) is 73.8 Å². The van der Waals surface area contributed by atoms with Crippen molar-refractivity contribution in [3.63, 3.8) is 0 Å². The van der Waals surface area contributed by atoms with Crippen molar-refractivity contribution in [1.29, 1.82) is 0 Å². The number of nitrogens with one attached hydrogen (secondary N) is 2. The molecule has 0 spiro atoms. The van der Waals surface area contributed by atoms with Gasteiger partial charge in [-0.25, -0.2) is 0 Å². The summed E-state index contributed by atoms with van der Waals surface area (Å²) < 4.78 is 12.3. The van der Waals surface area contributed by atoms with Gasteiger partial charge < -0.3 is 20.1 Å². The molecule has 7 heteroatoms. The van der Waals surface area contributed by atoms with Crippen LogP contribution in [0.25, 0.3) is 0 Å². The van der Waals surface area contributed by atoms with Crippen LogP contribution in [0.5, 0.6) is 11.5 Å². The second-order valence-electron chi connectivity index (χ2n) is 9.68. The Labute approximate surface area is 193 Å². The summed E-state index contributed by atoms with van der Waals surface area (Å²) >= 11 is 0. The van der Waals surface area contributed by atoms with E-state index in [4.69, 9.17) is 9.47 Å². The van der Waals surface area contributed by atoms with Gasteiger partial charge in [-0.05, 0) is 74.0 Å². The number of likely N-dealkylation sites (tertiary alicyclic amines) is 1. The molecule has 0 bridgehead atoms. The molecule has 2 N–H and O–H groups in total. The first-order valence-electron chi connectivity index (χ1n) is 12.0. The third-order valence-electron chi connectivity index (χ3n) is 7.31. The van der Waals surface area contributed by atoms with Gasteiger partial charge in [-0.3, -0.25) is 14.5 Å². The summed E-state index contributed by atoms with van der Waals surface area (Å²) in [7, 11) is 0. The fourth-order valence-corrected chi connectivity index (χ4v) is 5.53. The SMILES string of the molecule is O=C1CCc2ccc(CC3CCN(CC4COc5c(ccc6c5CC(=O)N6)O4)CC3)cc2N1. The average Bonchev–Trinajstić information content (AvgIpc) is 3.20. The number of carbonyl (C=O) groups excluding carboxylic acids is 2. The number of fused-ring (bicyclic) bond motifs is 4. The zero-order valence-corrected chi connectivity index (χ0v) is 18.7. The Morgan fingerprint density at radius 3 is 2.70 bits per heavy atom. The number of carbonyl (C=O) groups is 2. The van der Waals surface area contributed by atoms with Crippen LogP contribution in [-0.4, -0.2) is 49.1 Å². The molecule has 1 atom stereocenters. The zero-order chi connectivity index (χ0) is 22.4. The molecule has 4 aliphatic rings. The number of benzene rings is 2. The predicted octanol–water partition coefficient (Wildman–Crippen LogP) is 3.16. The number of anilines is 2. The van der Waals surface area contributed by atoms with Gasteiger partial charge in [0.2, 0.25) is 11.8 Å². The normalized spacial score (nSPS) is 22.4. The Kier molecular flexibility index (Phi) is 5.21. The molecule has 2 aromatic carbocycles. The molecule has 0 saturated carbocycles. The molecule has 1 fully saturated rings. The lowest BCUT2D eigenvalue weighted by atomic mass is 9.89. The minimum atomic E-state index is 0.00132. The fourth-order valence-electron chi connectivity index (χ4n) is 5.53.